The van der Waals surface area contributed by atoms with Gasteiger partial charge >= 0.3 is 11.9 Å². The van der Waals surface area contributed by atoms with E-state index in [0.29, 0.717) is 20.8 Å². The predicted molar refractivity (Wildman–Crippen MR) is 143 cm³/mol. The van der Waals surface area contributed by atoms with Crippen molar-refractivity contribution in [3.05, 3.63) is 100 Å². The molecule has 0 saturated heterocycles. The maximum absolute atomic E-state index is 13.1. The molecule has 5 rings (SSSR count). The van der Waals surface area contributed by atoms with Gasteiger partial charge in [-0.15, -0.1) is 10.2 Å². The molecule has 2 aromatic carbocycles. The van der Waals surface area contributed by atoms with Crippen LogP contribution in [-0.4, -0.2) is 62.5 Å². The Labute approximate surface area is 239 Å². The largest absolute Gasteiger partial charge is 0.507 e. The van der Waals surface area contributed by atoms with Crippen molar-refractivity contribution in [2.75, 3.05) is 5.32 Å². The summed E-state index contributed by atoms with van der Waals surface area (Å²) >= 11 is 5.92. The van der Waals surface area contributed by atoms with Crippen molar-refractivity contribution in [1.29, 1.82) is 0 Å². The molecule has 12 nitrogen and oxygen atoms in total. The van der Waals surface area contributed by atoms with Crippen molar-refractivity contribution in [3.63, 3.8) is 0 Å². The zero-order chi connectivity index (χ0) is 30.0. The van der Waals surface area contributed by atoms with E-state index >= 15 is 0 Å². The number of pyridine rings is 1. The normalized spacial score (nSPS) is 12.3. The summed E-state index contributed by atoms with van der Waals surface area (Å²) in [5.41, 5.74) is -0.316. The molecular formula is C26H20ClF3N8O4. The first kappa shape index (κ1) is 28.5. The van der Waals surface area contributed by atoms with Crippen molar-refractivity contribution in [2.24, 2.45) is 0 Å². The fraction of sp³-hybridized carbons (Fsp3) is 0.154. The molecule has 0 aliphatic heterocycles. The first-order chi connectivity index (χ1) is 20.0. The number of alkyl halides is 3. The number of nitrogens with one attached hydrogen (secondary N) is 1. The van der Waals surface area contributed by atoms with Crippen LogP contribution in [0.5, 0.6) is 5.75 Å². The molecular weight excluding hydrogens is 581 g/mol. The number of amides is 1. The second kappa shape index (κ2) is 11.5. The molecule has 1 amide bonds. The number of aromatic nitrogens is 7. The number of carbonyl (C=O) groups is 1. The van der Waals surface area contributed by atoms with Gasteiger partial charge in [0.2, 0.25) is 0 Å². The van der Waals surface area contributed by atoms with Gasteiger partial charge in [-0.3, -0.25) is 9.36 Å². The first-order valence-electron chi connectivity index (χ1n) is 12.1. The maximum Gasteiger partial charge on any atom is 0.416 e. The number of phenols is 1. The third-order valence-corrected chi connectivity index (χ3v) is 6.25. The number of halogens is 4. The van der Waals surface area contributed by atoms with E-state index in [4.69, 9.17) is 11.6 Å². The van der Waals surface area contributed by atoms with Gasteiger partial charge in [0.25, 0.3) is 5.91 Å². The lowest BCUT2D eigenvalue weighted by Crippen LogP contribution is -2.37. The number of phenolic OH excluding ortho intramolecular Hbond substituents is 1. The van der Waals surface area contributed by atoms with Crippen LogP contribution in [0, 0.1) is 0 Å². The van der Waals surface area contributed by atoms with Crippen molar-refractivity contribution in [1.82, 2.24) is 34.1 Å². The molecule has 0 fully saturated rings. The minimum atomic E-state index is -4.96. The number of carbonyl (C=O) groups excluding carboxylic acids is 1. The highest BCUT2D eigenvalue weighted by atomic mass is 35.5. The molecule has 0 aliphatic rings. The van der Waals surface area contributed by atoms with Gasteiger partial charge in [0.15, 0.2) is 23.6 Å². The fourth-order valence-electron chi connectivity index (χ4n) is 3.94. The van der Waals surface area contributed by atoms with Gasteiger partial charge in [0.05, 0.1) is 12.1 Å². The molecule has 0 unspecified atom stereocenters. The summed E-state index contributed by atoms with van der Waals surface area (Å²) in [4.78, 5) is 34.2. The SMILES string of the molecule is O=C(Nc1ncccc1-n1cnc(Cn2nc(-c3ccc(Cl)cc3)n(C[C@H](O)C(F)(F)F)c2=O)n1)c1ccccc1O. The zero-order valence-corrected chi connectivity index (χ0v) is 22.0. The Bertz CT molecular complexity index is 1800. The Morgan fingerprint density at radius 2 is 1.76 bits per heavy atom. The van der Waals surface area contributed by atoms with Gasteiger partial charge in [-0.25, -0.2) is 24.1 Å². The van der Waals surface area contributed by atoms with Gasteiger partial charge in [0, 0.05) is 16.8 Å². The summed E-state index contributed by atoms with van der Waals surface area (Å²) in [6.07, 6.45) is -5.05. The lowest BCUT2D eigenvalue weighted by atomic mass is 10.2. The maximum atomic E-state index is 13.1. The molecule has 3 heterocycles. The molecule has 3 N–H and O–H groups in total. The third kappa shape index (κ3) is 6.01. The summed E-state index contributed by atoms with van der Waals surface area (Å²) in [6.45, 7) is -1.42. The van der Waals surface area contributed by atoms with Crippen molar-refractivity contribution >= 4 is 23.3 Å². The second-order valence-electron chi connectivity index (χ2n) is 8.89. The number of para-hydroxylation sites is 1. The fourth-order valence-corrected chi connectivity index (χ4v) is 4.06. The molecule has 0 spiro atoms. The number of hydrogen-bond donors (Lipinski definition) is 3. The van der Waals surface area contributed by atoms with Crippen LogP contribution in [0.2, 0.25) is 5.02 Å². The van der Waals surface area contributed by atoms with E-state index < -0.39 is 30.4 Å². The molecule has 5 aromatic rings. The highest BCUT2D eigenvalue weighted by Gasteiger charge is 2.39. The van der Waals surface area contributed by atoms with E-state index in [9.17, 15) is 33.0 Å². The van der Waals surface area contributed by atoms with Gasteiger partial charge in [-0.05, 0) is 48.5 Å². The summed E-state index contributed by atoms with van der Waals surface area (Å²) < 4.78 is 42.2. The number of aliphatic hydroxyl groups excluding tert-OH is 1. The van der Waals surface area contributed by atoms with Crippen LogP contribution in [0.15, 0.2) is 78.0 Å². The number of benzene rings is 2. The summed E-state index contributed by atoms with van der Waals surface area (Å²) in [7, 11) is 0. The molecule has 0 aliphatic carbocycles. The van der Waals surface area contributed by atoms with Gasteiger partial charge in [0.1, 0.15) is 24.3 Å². The number of nitrogens with zero attached hydrogens (tertiary/aromatic N) is 7. The van der Waals surface area contributed by atoms with E-state index in [1.165, 1.54) is 53.6 Å². The van der Waals surface area contributed by atoms with Crippen LogP contribution >= 0.6 is 11.6 Å². The van der Waals surface area contributed by atoms with Crippen LogP contribution in [0.3, 0.4) is 0 Å². The van der Waals surface area contributed by atoms with Crippen LogP contribution in [0.1, 0.15) is 16.2 Å². The van der Waals surface area contributed by atoms with E-state index in [1.807, 2.05) is 0 Å². The Balaban J connectivity index is 1.44. The molecule has 0 saturated carbocycles. The van der Waals surface area contributed by atoms with Crippen LogP contribution in [0.25, 0.3) is 17.1 Å². The molecule has 42 heavy (non-hydrogen) atoms. The number of rotatable bonds is 8. The molecule has 3 aromatic heterocycles. The van der Waals surface area contributed by atoms with Gasteiger partial charge in [-0.1, -0.05) is 23.7 Å². The summed E-state index contributed by atoms with van der Waals surface area (Å²) in [6, 6.07) is 15.1. The molecule has 16 heteroatoms. The molecule has 1 atom stereocenters. The summed E-state index contributed by atoms with van der Waals surface area (Å²) in [5.74, 6) is -0.819. The minimum absolute atomic E-state index is 0.0236. The van der Waals surface area contributed by atoms with E-state index in [-0.39, 0.29) is 35.3 Å². The van der Waals surface area contributed by atoms with Crippen LogP contribution < -0.4 is 11.0 Å². The van der Waals surface area contributed by atoms with Crippen molar-refractivity contribution in [2.45, 2.75) is 25.4 Å². The van der Waals surface area contributed by atoms with E-state index in [2.05, 4.69) is 25.5 Å². The topological polar surface area (TPSA) is 153 Å². The molecule has 0 radical (unpaired) electrons. The lowest BCUT2D eigenvalue weighted by Gasteiger charge is -2.15. The molecule has 0 bridgehead atoms. The smallest absolute Gasteiger partial charge is 0.416 e. The zero-order valence-electron chi connectivity index (χ0n) is 21.3. The number of anilines is 1. The van der Waals surface area contributed by atoms with Crippen molar-refractivity contribution in [3.8, 4) is 22.8 Å². The predicted octanol–water partition coefficient (Wildman–Crippen LogP) is 3.27. The Kier molecular flexibility index (Phi) is 7.78. The average molecular weight is 601 g/mol. The second-order valence-corrected chi connectivity index (χ2v) is 9.32. The Morgan fingerprint density at radius 3 is 2.48 bits per heavy atom. The standard InChI is InChI=1S/C26H20ClF3N8O4/c27-16-9-7-15(8-10-16)23-35-37(25(42)36(23)12-20(40)26(28,29)30)13-21-32-14-38(34-21)18-5-3-11-31-22(18)33-24(41)17-4-1-2-6-19(17)39/h1-11,14,20,39-40H,12-13H2,(H,31,33,41)/t20-/m0/s1. The van der Waals surface area contributed by atoms with Crippen molar-refractivity contribution < 1.29 is 28.2 Å². The van der Waals surface area contributed by atoms with Gasteiger partial charge < -0.3 is 15.5 Å². The quantitative estimate of drug-likeness (QED) is 0.245. The van der Waals surface area contributed by atoms with Crippen LogP contribution in [-0.2, 0) is 13.1 Å². The highest BCUT2D eigenvalue weighted by molar-refractivity contribution is 6.30. The number of hydrogen-bond acceptors (Lipinski definition) is 8. The number of aliphatic hydroxyl groups is 1. The minimum Gasteiger partial charge on any atom is -0.507 e. The van der Waals surface area contributed by atoms with E-state index in [0.717, 1.165) is 4.68 Å². The summed E-state index contributed by atoms with van der Waals surface area (Å²) in [5, 5.41) is 31.1. The monoisotopic (exact) mass is 600 g/mol. The first-order valence-corrected chi connectivity index (χ1v) is 12.5. The van der Waals surface area contributed by atoms with Gasteiger partial charge in [-0.2, -0.15) is 13.2 Å². The Morgan fingerprint density at radius 1 is 1.02 bits per heavy atom. The third-order valence-electron chi connectivity index (χ3n) is 6.00. The number of aromatic hydroxyl groups is 1. The lowest BCUT2D eigenvalue weighted by molar-refractivity contribution is -0.207. The Hall–Kier alpha value is -5.02. The average Bonchev–Trinajstić information content (AvgIpc) is 3.54. The molecule has 216 valence electrons. The van der Waals surface area contributed by atoms with E-state index in [1.54, 1.807) is 24.3 Å². The highest BCUT2D eigenvalue weighted by Crippen LogP contribution is 2.24. The van der Waals surface area contributed by atoms with Crippen LogP contribution in [0.4, 0.5) is 19.0 Å².